The van der Waals surface area contributed by atoms with Gasteiger partial charge in [-0.2, -0.15) is 0 Å². The summed E-state index contributed by atoms with van der Waals surface area (Å²) in [5.74, 6) is 0. The van der Waals surface area contributed by atoms with Crippen molar-refractivity contribution in [1.29, 1.82) is 0 Å². The van der Waals surface area contributed by atoms with Crippen LogP contribution in [0.3, 0.4) is 0 Å². The Hall–Kier alpha value is -8.10. The third-order valence-electron chi connectivity index (χ3n) is 13.4. The van der Waals surface area contributed by atoms with Gasteiger partial charge in [-0.1, -0.05) is 206 Å². The van der Waals surface area contributed by atoms with Crippen LogP contribution >= 0.6 is 11.3 Å². The first-order chi connectivity index (χ1) is 32.2. The Balaban J connectivity index is 0.999. The maximum Gasteiger partial charge on any atom is 0.0355 e. The maximum absolute atomic E-state index is 2.46. The van der Waals surface area contributed by atoms with E-state index in [0.717, 1.165) is 0 Å². The molecule has 13 aromatic rings. The van der Waals surface area contributed by atoms with Gasteiger partial charge in [-0.15, -0.1) is 11.3 Å². The summed E-state index contributed by atoms with van der Waals surface area (Å²) in [5, 5.41) is 12.7. The van der Waals surface area contributed by atoms with E-state index in [4.69, 9.17) is 0 Å². The van der Waals surface area contributed by atoms with E-state index < -0.39 is 0 Å². The third-order valence-corrected chi connectivity index (χ3v) is 14.6. The van der Waals surface area contributed by atoms with Crippen LogP contribution in [0.1, 0.15) is 0 Å². The molecule has 0 amide bonds. The minimum atomic E-state index is 1.22. The van der Waals surface area contributed by atoms with Gasteiger partial charge in [-0.05, 0) is 146 Å². The zero-order valence-corrected chi connectivity index (χ0v) is 36.3. The van der Waals surface area contributed by atoms with Crippen molar-refractivity contribution in [2.45, 2.75) is 0 Å². The zero-order valence-electron chi connectivity index (χ0n) is 35.5. The van der Waals surface area contributed by atoms with Gasteiger partial charge in [0.25, 0.3) is 0 Å². The third kappa shape index (κ3) is 6.20. The second-order valence-corrected chi connectivity index (χ2v) is 18.2. The molecule has 0 aliphatic heterocycles. The lowest BCUT2D eigenvalue weighted by molar-refractivity contribution is 1.61. The molecule has 1 heterocycles. The van der Waals surface area contributed by atoms with Crippen LogP contribution in [-0.2, 0) is 0 Å². The molecule has 0 nitrogen and oxygen atoms in total. The summed E-state index contributed by atoms with van der Waals surface area (Å²) in [6, 6.07) is 89.7. The maximum atomic E-state index is 2.46. The molecule has 0 fully saturated rings. The Bertz CT molecular complexity index is 3610. The quantitative estimate of drug-likeness (QED) is 0.146. The SMILES string of the molecule is c1ccc(-c2cccc(-c3c4ccccc4c(-c4ccc5sc6ccc(-c7c8ccccc8c(-c8cccc(-c9ccccc9)c8)c8ccccc78)cc6c5c4)c4ccccc34)c2)cc1. The Morgan fingerprint density at radius 2 is 0.431 bits per heavy atom. The first-order valence-corrected chi connectivity index (χ1v) is 23.2. The minimum absolute atomic E-state index is 1.22. The molecule has 65 heavy (non-hydrogen) atoms. The van der Waals surface area contributed by atoms with Crippen molar-refractivity contribution in [1.82, 2.24) is 0 Å². The molecular weight excluding hydrogens is 801 g/mol. The van der Waals surface area contributed by atoms with E-state index >= 15 is 0 Å². The summed E-state index contributed by atoms with van der Waals surface area (Å²) in [4.78, 5) is 0. The first kappa shape index (κ1) is 37.5. The topological polar surface area (TPSA) is 0 Å². The van der Waals surface area contributed by atoms with Crippen molar-refractivity contribution in [3.05, 3.63) is 243 Å². The van der Waals surface area contributed by atoms with Crippen LogP contribution in [-0.4, -0.2) is 0 Å². The van der Waals surface area contributed by atoms with Crippen molar-refractivity contribution >= 4 is 74.6 Å². The van der Waals surface area contributed by atoms with Crippen LogP contribution in [0.2, 0.25) is 0 Å². The lowest BCUT2D eigenvalue weighted by atomic mass is 9.85. The fourth-order valence-corrected chi connectivity index (χ4v) is 11.6. The van der Waals surface area contributed by atoms with Crippen LogP contribution < -0.4 is 0 Å². The smallest absolute Gasteiger partial charge is 0.0355 e. The van der Waals surface area contributed by atoms with Crippen molar-refractivity contribution in [2.75, 3.05) is 0 Å². The highest BCUT2D eigenvalue weighted by Crippen LogP contribution is 2.48. The lowest BCUT2D eigenvalue weighted by Crippen LogP contribution is -1.91. The summed E-state index contributed by atoms with van der Waals surface area (Å²) in [6.45, 7) is 0. The highest BCUT2D eigenvalue weighted by Gasteiger charge is 2.20. The fraction of sp³-hybridized carbons (Fsp3) is 0. The van der Waals surface area contributed by atoms with Crippen molar-refractivity contribution in [3.63, 3.8) is 0 Å². The number of benzene rings is 12. The lowest BCUT2D eigenvalue weighted by Gasteiger charge is -2.18. The number of hydrogen-bond acceptors (Lipinski definition) is 1. The number of fused-ring (bicyclic) bond motifs is 7. The number of rotatable bonds is 6. The normalized spacial score (nSPS) is 11.7. The summed E-state index contributed by atoms with van der Waals surface area (Å²) in [7, 11) is 0. The second kappa shape index (κ2) is 15.3. The van der Waals surface area contributed by atoms with Gasteiger partial charge in [-0.25, -0.2) is 0 Å². The van der Waals surface area contributed by atoms with Gasteiger partial charge in [0.15, 0.2) is 0 Å². The van der Waals surface area contributed by atoms with E-state index in [-0.39, 0.29) is 0 Å². The fourth-order valence-electron chi connectivity index (χ4n) is 10.6. The standard InChI is InChI=1S/C64H40S/c1-3-17-41(18-4-1)43-21-15-23-45(37-43)61-49-25-7-11-29-53(49)63(54-30-12-8-26-50(54)61)47-33-35-59-57(39-47)58-40-48(34-36-60(58)65-59)64-55-31-13-9-27-51(55)62(52-28-10-14-32-56(52)64)46-24-16-22-44(38-46)42-19-5-2-6-20-42/h1-40H. The van der Waals surface area contributed by atoms with E-state index in [1.165, 1.54) is 130 Å². The molecule has 1 aromatic heterocycles. The summed E-state index contributed by atoms with van der Waals surface area (Å²) >= 11 is 1.88. The highest BCUT2D eigenvalue weighted by atomic mass is 32.1. The van der Waals surface area contributed by atoms with Gasteiger partial charge < -0.3 is 0 Å². The Labute approximate surface area is 382 Å². The van der Waals surface area contributed by atoms with Gasteiger partial charge in [-0.3, -0.25) is 0 Å². The molecule has 0 saturated carbocycles. The first-order valence-electron chi connectivity index (χ1n) is 22.4. The molecular formula is C64H40S. The molecule has 13 rings (SSSR count). The molecule has 0 bridgehead atoms. The van der Waals surface area contributed by atoms with Gasteiger partial charge >= 0.3 is 0 Å². The van der Waals surface area contributed by atoms with E-state index in [9.17, 15) is 0 Å². The molecule has 302 valence electrons. The van der Waals surface area contributed by atoms with E-state index in [1.54, 1.807) is 0 Å². The van der Waals surface area contributed by atoms with Gasteiger partial charge in [0, 0.05) is 20.2 Å². The molecule has 0 aliphatic rings. The van der Waals surface area contributed by atoms with E-state index in [2.05, 4.69) is 243 Å². The Morgan fingerprint density at radius 3 is 0.754 bits per heavy atom. The van der Waals surface area contributed by atoms with E-state index in [1.807, 2.05) is 11.3 Å². The molecule has 0 N–H and O–H groups in total. The van der Waals surface area contributed by atoms with Gasteiger partial charge in [0.05, 0.1) is 0 Å². The molecule has 0 saturated heterocycles. The molecule has 0 atom stereocenters. The van der Waals surface area contributed by atoms with Gasteiger partial charge in [0.2, 0.25) is 0 Å². The second-order valence-electron chi connectivity index (χ2n) is 17.1. The molecule has 12 aromatic carbocycles. The van der Waals surface area contributed by atoms with Crippen molar-refractivity contribution in [2.24, 2.45) is 0 Å². The zero-order chi connectivity index (χ0) is 42.8. The van der Waals surface area contributed by atoms with Crippen LogP contribution in [0.4, 0.5) is 0 Å². The average Bonchev–Trinajstić information content (AvgIpc) is 3.75. The van der Waals surface area contributed by atoms with Crippen LogP contribution in [0.15, 0.2) is 243 Å². The van der Waals surface area contributed by atoms with Crippen LogP contribution in [0.25, 0.3) is 130 Å². The number of hydrogen-bond donors (Lipinski definition) is 0. The molecule has 1 heteroatoms. The Kier molecular flexibility index (Phi) is 8.82. The molecule has 0 unspecified atom stereocenters. The van der Waals surface area contributed by atoms with Crippen LogP contribution in [0, 0.1) is 0 Å². The average molecular weight is 841 g/mol. The van der Waals surface area contributed by atoms with Crippen molar-refractivity contribution in [3.8, 4) is 66.8 Å². The van der Waals surface area contributed by atoms with E-state index in [0.29, 0.717) is 0 Å². The monoisotopic (exact) mass is 840 g/mol. The summed E-state index contributed by atoms with van der Waals surface area (Å²) in [5.41, 5.74) is 14.9. The molecule has 0 spiro atoms. The minimum Gasteiger partial charge on any atom is -0.135 e. The predicted molar refractivity (Wildman–Crippen MR) is 282 cm³/mol. The Morgan fingerprint density at radius 1 is 0.169 bits per heavy atom. The largest absolute Gasteiger partial charge is 0.135 e. The van der Waals surface area contributed by atoms with Crippen LogP contribution in [0.5, 0.6) is 0 Å². The van der Waals surface area contributed by atoms with Gasteiger partial charge in [0.1, 0.15) is 0 Å². The summed E-state index contributed by atoms with van der Waals surface area (Å²) < 4.78 is 2.60. The number of thiophene rings is 1. The molecule has 0 aliphatic carbocycles. The summed E-state index contributed by atoms with van der Waals surface area (Å²) in [6.07, 6.45) is 0. The highest BCUT2D eigenvalue weighted by molar-refractivity contribution is 7.25. The predicted octanol–water partition coefficient (Wildman–Crippen LogP) is 18.7. The molecule has 0 radical (unpaired) electrons. The van der Waals surface area contributed by atoms with Crippen molar-refractivity contribution < 1.29 is 0 Å².